The Morgan fingerprint density at radius 2 is 2.14 bits per heavy atom. The van der Waals surface area contributed by atoms with Crippen LogP contribution in [0, 0.1) is 12.7 Å². The van der Waals surface area contributed by atoms with Crippen molar-refractivity contribution >= 4 is 17.2 Å². The van der Waals surface area contributed by atoms with Gasteiger partial charge in [0.05, 0.1) is 24.4 Å². The van der Waals surface area contributed by atoms with E-state index in [0.29, 0.717) is 13.0 Å². The van der Waals surface area contributed by atoms with E-state index in [1.54, 1.807) is 12.1 Å². The number of amides is 1. The van der Waals surface area contributed by atoms with Crippen LogP contribution >= 0.6 is 11.3 Å². The third kappa shape index (κ3) is 4.38. The maximum atomic E-state index is 13.1. The number of hydrogen-bond donors (Lipinski definition) is 2. The lowest BCUT2D eigenvalue weighted by atomic mass is 9.95. The lowest BCUT2D eigenvalue weighted by Gasteiger charge is -2.23. The Labute approximate surface area is 172 Å². The molecule has 1 aliphatic rings. The monoisotopic (exact) mass is 414 g/mol. The molecule has 29 heavy (non-hydrogen) atoms. The maximum Gasteiger partial charge on any atom is 0.227 e. The predicted octanol–water partition coefficient (Wildman–Crippen LogP) is 2.66. The molecule has 1 amide bonds. The van der Waals surface area contributed by atoms with Crippen LogP contribution in [-0.4, -0.2) is 38.2 Å². The highest BCUT2D eigenvalue weighted by Crippen LogP contribution is 2.24. The van der Waals surface area contributed by atoms with Gasteiger partial charge < -0.3 is 15.0 Å². The van der Waals surface area contributed by atoms with Gasteiger partial charge in [-0.3, -0.25) is 4.79 Å². The van der Waals surface area contributed by atoms with Crippen LogP contribution < -0.4 is 5.32 Å². The van der Waals surface area contributed by atoms with E-state index in [0.717, 1.165) is 40.6 Å². The molecule has 1 unspecified atom stereocenters. The molecule has 2 heterocycles. The van der Waals surface area contributed by atoms with Crippen LogP contribution in [0.3, 0.4) is 0 Å². The summed E-state index contributed by atoms with van der Waals surface area (Å²) in [6, 6.07) is 6.24. The number of aliphatic hydroxyl groups is 1. The van der Waals surface area contributed by atoms with Crippen molar-refractivity contribution in [2.75, 3.05) is 6.61 Å². The summed E-state index contributed by atoms with van der Waals surface area (Å²) < 4.78 is 15.1. The highest BCUT2D eigenvalue weighted by atomic mass is 32.1. The van der Waals surface area contributed by atoms with Crippen molar-refractivity contribution in [1.29, 1.82) is 0 Å². The van der Waals surface area contributed by atoms with Gasteiger partial charge in [0.25, 0.3) is 0 Å². The minimum Gasteiger partial charge on any atom is -0.395 e. The highest BCUT2D eigenvalue weighted by molar-refractivity contribution is 7.10. The minimum absolute atomic E-state index is 0.0510. The van der Waals surface area contributed by atoms with Gasteiger partial charge in [-0.1, -0.05) is 0 Å². The quantitative estimate of drug-likeness (QED) is 0.650. The van der Waals surface area contributed by atoms with Crippen LogP contribution in [0.25, 0.3) is 11.3 Å². The Bertz CT molecular complexity index is 1010. The van der Waals surface area contributed by atoms with Gasteiger partial charge >= 0.3 is 0 Å². The number of carbonyl (C=O) groups excluding carboxylic acids is 1. The molecule has 4 rings (SSSR count). The second-order valence-corrected chi connectivity index (χ2v) is 8.19. The van der Waals surface area contributed by atoms with Crippen molar-refractivity contribution in [3.05, 3.63) is 57.7 Å². The first-order chi connectivity index (χ1) is 14.0. The first-order valence-corrected chi connectivity index (χ1v) is 10.6. The van der Waals surface area contributed by atoms with E-state index >= 15 is 0 Å². The number of rotatable bonds is 6. The number of aliphatic hydroxyl groups excluding tert-OH is 1. The molecular weight excluding hydrogens is 391 g/mol. The van der Waals surface area contributed by atoms with Gasteiger partial charge in [0.2, 0.25) is 5.91 Å². The Balaban J connectivity index is 1.36. The number of aromatic nitrogens is 3. The molecule has 8 heteroatoms. The molecular formula is C21H23FN4O2S. The zero-order valence-electron chi connectivity index (χ0n) is 16.2. The van der Waals surface area contributed by atoms with Crippen molar-refractivity contribution in [2.24, 2.45) is 0 Å². The zero-order valence-corrected chi connectivity index (χ0v) is 17.0. The standard InChI is InChI=1S/C21H23FN4O2S/c1-13-23-17-10-16(6-7-19(17)26(13)8-9-27)24-20(28)11-21-25-18(12-29-21)14-2-4-15(22)5-3-14/h2-5,12,16,27H,6-11H2,1H3,(H,24,28). The summed E-state index contributed by atoms with van der Waals surface area (Å²) in [5.74, 6) is 0.577. The molecule has 0 aliphatic heterocycles. The van der Waals surface area contributed by atoms with Gasteiger partial charge in [0.15, 0.2) is 0 Å². The molecule has 0 saturated heterocycles. The van der Waals surface area contributed by atoms with E-state index in [1.807, 2.05) is 12.3 Å². The van der Waals surface area contributed by atoms with Gasteiger partial charge in [0, 0.05) is 35.6 Å². The molecule has 2 aromatic heterocycles. The largest absolute Gasteiger partial charge is 0.395 e. The number of imidazole rings is 1. The second-order valence-electron chi connectivity index (χ2n) is 7.25. The van der Waals surface area contributed by atoms with Crippen LogP contribution in [0.5, 0.6) is 0 Å². The summed E-state index contributed by atoms with van der Waals surface area (Å²) in [7, 11) is 0. The fourth-order valence-electron chi connectivity index (χ4n) is 3.84. The van der Waals surface area contributed by atoms with Crippen molar-refractivity contribution in [2.45, 2.75) is 45.2 Å². The molecule has 0 saturated carbocycles. The maximum absolute atomic E-state index is 13.1. The smallest absolute Gasteiger partial charge is 0.227 e. The second kappa shape index (κ2) is 8.42. The summed E-state index contributed by atoms with van der Waals surface area (Å²) >= 11 is 1.43. The predicted molar refractivity (Wildman–Crippen MR) is 109 cm³/mol. The Morgan fingerprint density at radius 3 is 2.90 bits per heavy atom. The summed E-state index contributed by atoms with van der Waals surface area (Å²) in [4.78, 5) is 21.6. The topological polar surface area (TPSA) is 80.0 Å². The number of nitrogens with one attached hydrogen (secondary N) is 1. The van der Waals surface area contributed by atoms with Crippen LogP contribution in [0.2, 0.25) is 0 Å². The number of aryl methyl sites for hydroxylation is 1. The molecule has 3 aromatic rings. The molecule has 0 bridgehead atoms. The Kier molecular flexibility index (Phi) is 5.73. The van der Waals surface area contributed by atoms with Gasteiger partial charge in [-0.2, -0.15) is 0 Å². The summed E-state index contributed by atoms with van der Waals surface area (Å²) in [6.45, 7) is 2.60. The molecule has 0 radical (unpaired) electrons. The van der Waals surface area contributed by atoms with Crippen LogP contribution in [0.4, 0.5) is 4.39 Å². The van der Waals surface area contributed by atoms with E-state index in [-0.39, 0.29) is 30.8 Å². The minimum atomic E-state index is -0.282. The Morgan fingerprint density at radius 1 is 1.34 bits per heavy atom. The van der Waals surface area contributed by atoms with Crippen LogP contribution in [-0.2, 0) is 30.6 Å². The van der Waals surface area contributed by atoms with Crippen molar-refractivity contribution < 1.29 is 14.3 Å². The van der Waals surface area contributed by atoms with Gasteiger partial charge in [-0.25, -0.2) is 14.4 Å². The van der Waals surface area contributed by atoms with Gasteiger partial charge in [-0.15, -0.1) is 11.3 Å². The summed E-state index contributed by atoms with van der Waals surface area (Å²) in [5, 5.41) is 15.0. The van der Waals surface area contributed by atoms with Gasteiger partial charge in [-0.05, 0) is 44.0 Å². The normalized spacial score (nSPS) is 15.9. The molecule has 0 spiro atoms. The van der Waals surface area contributed by atoms with E-state index in [4.69, 9.17) is 0 Å². The van der Waals surface area contributed by atoms with E-state index < -0.39 is 0 Å². The van der Waals surface area contributed by atoms with E-state index in [9.17, 15) is 14.3 Å². The van der Waals surface area contributed by atoms with Crippen LogP contribution in [0.1, 0.15) is 28.6 Å². The highest BCUT2D eigenvalue weighted by Gasteiger charge is 2.25. The number of hydrogen-bond acceptors (Lipinski definition) is 5. The first kappa shape index (κ1) is 19.7. The average Bonchev–Trinajstić information content (AvgIpc) is 3.27. The molecule has 1 aromatic carbocycles. The van der Waals surface area contributed by atoms with E-state index in [1.165, 1.54) is 29.2 Å². The number of halogens is 1. The third-order valence-corrected chi connectivity index (χ3v) is 6.06. The number of nitrogens with zero attached hydrogens (tertiary/aromatic N) is 3. The molecule has 152 valence electrons. The summed E-state index contributed by atoms with van der Waals surface area (Å²) in [5.41, 5.74) is 3.78. The number of thiazole rings is 1. The van der Waals surface area contributed by atoms with Crippen LogP contribution in [0.15, 0.2) is 29.6 Å². The summed E-state index contributed by atoms with van der Waals surface area (Å²) in [6.07, 6.45) is 2.63. The first-order valence-electron chi connectivity index (χ1n) is 9.69. The van der Waals surface area contributed by atoms with E-state index in [2.05, 4.69) is 19.9 Å². The third-order valence-electron chi connectivity index (χ3n) is 5.21. The number of fused-ring (bicyclic) bond motifs is 1. The van der Waals surface area contributed by atoms with Crippen molar-refractivity contribution in [3.8, 4) is 11.3 Å². The molecule has 1 aliphatic carbocycles. The van der Waals surface area contributed by atoms with Gasteiger partial charge in [0.1, 0.15) is 16.6 Å². The average molecular weight is 415 g/mol. The molecule has 2 N–H and O–H groups in total. The molecule has 1 atom stereocenters. The lowest BCUT2D eigenvalue weighted by Crippen LogP contribution is -2.40. The fraction of sp³-hybridized carbons (Fsp3) is 0.381. The molecule has 6 nitrogen and oxygen atoms in total. The molecule has 0 fully saturated rings. The number of benzene rings is 1. The zero-order chi connectivity index (χ0) is 20.4. The van der Waals surface area contributed by atoms with Crippen molar-refractivity contribution in [1.82, 2.24) is 19.9 Å². The Hall–Kier alpha value is -2.58. The number of carbonyl (C=O) groups is 1. The SMILES string of the molecule is Cc1nc2c(n1CCO)CCC(NC(=O)Cc1nc(-c3ccc(F)cc3)cs1)C2. The van der Waals surface area contributed by atoms with Crippen molar-refractivity contribution in [3.63, 3.8) is 0 Å². The lowest BCUT2D eigenvalue weighted by molar-refractivity contribution is -0.121. The fourth-order valence-corrected chi connectivity index (χ4v) is 4.64.